The first-order valence-electron chi connectivity index (χ1n) is 8.91. The molecule has 0 saturated carbocycles. The number of piperidine rings is 1. The van der Waals surface area contributed by atoms with Gasteiger partial charge in [0.1, 0.15) is 0 Å². The van der Waals surface area contributed by atoms with Crippen molar-refractivity contribution in [1.29, 1.82) is 0 Å². The predicted octanol–water partition coefficient (Wildman–Crippen LogP) is 3.20. The highest BCUT2D eigenvalue weighted by Crippen LogP contribution is 2.37. The van der Waals surface area contributed by atoms with Crippen LogP contribution < -0.4 is 15.1 Å². The van der Waals surface area contributed by atoms with Crippen LogP contribution in [0.2, 0.25) is 0 Å². The van der Waals surface area contributed by atoms with Crippen LogP contribution in [0, 0.1) is 0 Å². The van der Waals surface area contributed by atoms with E-state index in [9.17, 15) is 0 Å². The second kappa shape index (κ2) is 6.91. The maximum absolute atomic E-state index is 6.26. The maximum atomic E-state index is 6.26. The Morgan fingerprint density at radius 2 is 1.62 bits per heavy atom. The Kier molecular flexibility index (Phi) is 5.21. The Morgan fingerprint density at radius 1 is 1.00 bits per heavy atom. The van der Waals surface area contributed by atoms with E-state index >= 15 is 0 Å². The van der Waals surface area contributed by atoms with Crippen LogP contribution in [0.15, 0.2) is 23.1 Å². The van der Waals surface area contributed by atoms with Gasteiger partial charge < -0.3 is 14.2 Å². The first kappa shape index (κ1) is 18.1. The number of nitrogens with zero attached hydrogens (tertiary/aromatic N) is 1. The zero-order valence-corrected chi connectivity index (χ0v) is 16.3. The molecule has 4 nitrogen and oxygen atoms in total. The number of benzene rings is 1. The van der Waals surface area contributed by atoms with Gasteiger partial charge in [-0.1, -0.05) is 0 Å². The van der Waals surface area contributed by atoms with Gasteiger partial charge in [-0.05, 0) is 89.6 Å². The van der Waals surface area contributed by atoms with Crippen molar-refractivity contribution in [2.45, 2.75) is 63.1 Å². The largest absolute Gasteiger partial charge is 0.494 e. The lowest BCUT2D eigenvalue weighted by atomic mass is 9.79. The highest BCUT2D eigenvalue weighted by molar-refractivity contribution is 7.97. The zero-order valence-electron chi connectivity index (χ0n) is 15.5. The van der Waals surface area contributed by atoms with Crippen LogP contribution in [0.1, 0.15) is 47.0 Å². The number of nitrogens with one attached hydrogen (secondary N) is 1. The molecule has 1 aromatic carbocycles. The summed E-state index contributed by atoms with van der Waals surface area (Å²) in [5, 5.41) is 0. The third-order valence-electron chi connectivity index (χ3n) is 5.38. The minimum atomic E-state index is -0.310. The molecule has 2 aliphatic rings. The van der Waals surface area contributed by atoms with E-state index in [0.29, 0.717) is 0 Å². The minimum absolute atomic E-state index is 0.309. The average Bonchev–Trinajstić information content (AvgIpc) is 2.76. The Morgan fingerprint density at radius 3 is 2.21 bits per heavy atom. The Hall–Kier alpha value is -0.685. The summed E-state index contributed by atoms with van der Waals surface area (Å²) in [5.74, 6) is 0. The van der Waals surface area contributed by atoms with E-state index in [4.69, 9.17) is 9.31 Å². The molecule has 132 valence electrons. The lowest BCUT2D eigenvalue weighted by molar-refractivity contribution is 0.00578. The lowest BCUT2D eigenvalue weighted by Gasteiger charge is -2.32. The Balaban J connectivity index is 1.91. The fourth-order valence-electron chi connectivity index (χ4n) is 3.23. The SMILES string of the molecule is CNSc1cc(B2OC(C)(C)C(C)(C)O2)cc(N2CCCCC2)c1. The van der Waals surface area contributed by atoms with Crippen LogP contribution in [0.5, 0.6) is 0 Å². The van der Waals surface area contributed by atoms with Gasteiger partial charge in [0.2, 0.25) is 0 Å². The lowest BCUT2D eigenvalue weighted by Crippen LogP contribution is -2.41. The van der Waals surface area contributed by atoms with Crippen molar-refractivity contribution >= 4 is 30.2 Å². The molecule has 0 unspecified atom stereocenters. The molecule has 0 aliphatic carbocycles. The summed E-state index contributed by atoms with van der Waals surface area (Å²) in [5.41, 5.74) is 1.76. The van der Waals surface area contributed by atoms with Crippen molar-refractivity contribution in [3.8, 4) is 0 Å². The smallest absolute Gasteiger partial charge is 0.399 e. The van der Waals surface area contributed by atoms with E-state index in [1.807, 2.05) is 7.05 Å². The number of hydrogen-bond donors (Lipinski definition) is 1. The summed E-state index contributed by atoms with van der Waals surface area (Å²) < 4.78 is 15.7. The molecular formula is C18H29BN2O2S. The van der Waals surface area contributed by atoms with Gasteiger partial charge in [-0.25, -0.2) is 0 Å². The summed E-state index contributed by atoms with van der Waals surface area (Å²) >= 11 is 1.64. The number of anilines is 1. The highest BCUT2D eigenvalue weighted by Gasteiger charge is 2.51. The molecule has 2 fully saturated rings. The quantitative estimate of drug-likeness (QED) is 0.668. The van der Waals surface area contributed by atoms with Crippen LogP contribution in [-0.4, -0.2) is 38.5 Å². The molecule has 0 amide bonds. The Labute approximate surface area is 150 Å². The molecule has 6 heteroatoms. The van der Waals surface area contributed by atoms with Crippen molar-refractivity contribution in [3.05, 3.63) is 18.2 Å². The first-order chi connectivity index (χ1) is 11.3. The number of rotatable bonds is 4. The fourth-order valence-corrected chi connectivity index (χ4v) is 3.84. The monoisotopic (exact) mass is 348 g/mol. The van der Waals surface area contributed by atoms with Gasteiger partial charge in [-0.2, -0.15) is 0 Å². The second-order valence-corrected chi connectivity index (χ2v) is 8.79. The maximum Gasteiger partial charge on any atom is 0.494 e. The summed E-state index contributed by atoms with van der Waals surface area (Å²) in [7, 11) is 1.64. The molecular weight excluding hydrogens is 319 g/mol. The van der Waals surface area contributed by atoms with E-state index in [2.05, 4.69) is 55.5 Å². The van der Waals surface area contributed by atoms with E-state index < -0.39 is 0 Å². The molecule has 0 bridgehead atoms. The van der Waals surface area contributed by atoms with Crippen LogP contribution in [0.25, 0.3) is 0 Å². The van der Waals surface area contributed by atoms with Crippen LogP contribution >= 0.6 is 11.9 Å². The summed E-state index contributed by atoms with van der Waals surface area (Å²) in [6.07, 6.45) is 3.88. The molecule has 2 aliphatic heterocycles. The van der Waals surface area contributed by atoms with Crippen LogP contribution in [-0.2, 0) is 9.31 Å². The van der Waals surface area contributed by atoms with Crippen molar-refractivity contribution < 1.29 is 9.31 Å². The van der Waals surface area contributed by atoms with Crippen molar-refractivity contribution in [2.24, 2.45) is 0 Å². The minimum Gasteiger partial charge on any atom is -0.399 e. The first-order valence-corrected chi connectivity index (χ1v) is 9.73. The fraction of sp³-hybridized carbons (Fsp3) is 0.667. The van der Waals surface area contributed by atoms with Gasteiger partial charge in [-0.3, -0.25) is 4.72 Å². The van der Waals surface area contributed by atoms with Crippen LogP contribution in [0.3, 0.4) is 0 Å². The van der Waals surface area contributed by atoms with E-state index in [0.717, 1.165) is 18.6 Å². The van der Waals surface area contributed by atoms with Gasteiger partial charge >= 0.3 is 7.12 Å². The highest BCUT2D eigenvalue weighted by atomic mass is 32.2. The van der Waals surface area contributed by atoms with Crippen LogP contribution in [0.4, 0.5) is 5.69 Å². The third-order valence-corrected chi connectivity index (χ3v) is 6.06. The van der Waals surface area contributed by atoms with Crippen molar-refractivity contribution in [3.63, 3.8) is 0 Å². The zero-order chi connectivity index (χ0) is 17.4. The molecule has 0 atom stereocenters. The second-order valence-electron chi connectivity index (χ2n) is 7.70. The molecule has 1 aromatic rings. The Bertz CT molecular complexity index is 572. The van der Waals surface area contributed by atoms with E-state index in [1.54, 1.807) is 11.9 Å². The topological polar surface area (TPSA) is 33.7 Å². The van der Waals surface area contributed by atoms with Gasteiger partial charge in [-0.15, -0.1) is 0 Å². The van der Waals surface area contributed by atoms with Crippen molar-refractivity contribution in [1.82, 2.24) is 4.72 Å². The molecule has 2 heterocycles. The van der Waals surface area contributed by atoms with Gasteiger partial charge in [0.05, 0.1) is 11.2 Å². The molecule has 0 aromatic heterocycles. The molecule has 0 spiro atoms. The van der Waals surface area contributed by atoms with Crippen molar-refractivity contribution in [2.75, 3.05) is 25.0 Å². The van der Waals surface area contributed by atoms with Gasteiger partial charge in [0.15, 0.2) is 0 Å². The summed E-state index contributed by atoms with van der Waals surface area (Å²) in [6.45, 7) is 10.7. The molecule has 2 saturated heterocycles. The predicted molar refractivity (Wildman–Crippen MR) is 103 cm³/mol. The third kappa shape index (κ3) is 3.62. The molecule has 0 radical (unpaired) electrons. The molecule has 3 rings (SSSR count). The number of hydrogen-bond acceptors (Lipinski definition) is 5. The molecule has 24 heavy (non-hydrogen) atoms. The normalized spacial score (nSPS) is 22.9. The van der Waals surface area contributed by atoms with E-state index in [-0.39, 0.29) is 18.3 Å². The summed E-state index contributed by atoms with van der Waals surface area (Å²) in [4.78, 5) is 3.68. The summed E-state index contributed by atoms with van der Waals surface area (Å²) in [6, 6.07) is 6.69. The average molecular weight is 348 g/mol. The van der Waals surface area contributed by atoms with Gasteiger partial charge in [0.25, 0.3) is 0 Å². The van der Waals surface area contributed by atoms with E-state index in [1.165, 1.54) is 29.8 Å². The standard InChI is InChI=1S/C18H29BN2O2S/c1-17(2)18(3,4)23-19(22-17)14-11-15(13-16(12-14)24-20-5)21-9-7-6-8-10-21/h11-13,20H,6-10H2,1-5H3. The van der Waals surface area contributed by atoms with Gasteiger partial charge in [0, 0.05) is 23.7 Å². The molecule has 1 N–H and O–H groups in total.